The van der Waals surface area contributed by atoms with Crippen LogP contribution in [0.25, 0.3) is 0 Å². The van der Waals surface area contributed by atoms with Crippen LogP contribution in [0.15, 0.2) is 24.3 Å². The molecule has 0 aliphatic carbocycles. The van der Waals surface area contributed by atoms with Gasteiger partial charge < -0.3 is 14.8 Å². The molecule has 0 unspecified atom stereocenters. The van der Waals surface area contributed by atoms with Gasteiger partial charge in [-0.2, -0.15) is 0 Å². The average Bonchev–Trinajstić information content (AvgIpc) is 2.46. The van der Waals surface area contributed by atoms with Crippen LogP contribution in [-0.2, 0) is 27.2 Å². The number of hydrogen-bond donors (Lipinski definition) is 1. The van der Waals surface area contributed by atoms with Crippen LogP contribution in [0.5, 0.6) is 0 Å². The van der Waals surface area contributed by atoms with E-state index in [2.05, 4.69) is 17.4 Å². The normalized spacial score (nSPS) is 18.4. The van der Waals surface area contributed by atoms with Crippen molar-refractivity contribution in [3.05, 3.63) is 35.4 Å². The van der Waals surface area contributed by atoms with Crippen molar-refractivity contribution in [1.82, 2.24) is 5.32 Å². The molecule has 2 rings (SSSR count). The maximum absolute atomic E-state index is 12.1. The lowest BCUT2D eigenvalue weighted by atomic mass is 9.96. The Balaban J connectivity index is 1.83. The highest BCUT2D eigenvalue weighted by Gasteiger charge is 2.25. The van der Waals surface area contributed by atoms with Crippen molar-refractivity contribution in [3.8, 4) is 0 Å². The van der Waals surface area contributed by atoms with E-state index >= 15 is 0 Å². The van der Waals surface area contributed by atoms with Gasteiger partial charge in [0.1, 0.15) is 6.04 Å². The summed E-state index contributed by atoms with van der Waals surface area (Å²) in [5, 5.41) is 3.23. The summed E-state index contributed by atoms with van der Waals surface area (Å²) in [6.45, 7) is 5.07. The summed E-state index contributed by atoms with van der Waals surface area (Å²) in [6, 6.07) is 7.95. The SMILES string of the molecule is COC(C)(C)CCOC(=O)[C@H]1Cc2ccccc2CN1. The van der Waals surface area contributed by atoms with Crippen LogP contribution in [0, 0.1) is 0 Å². The second-order valence-corrected chi connectivity index (χ2v) is 5.79. The van der Waals surface area contributed by atoms with Gasteiger partial charge in [-0.25, -0.2) is 0 Å². The zero-order valence-electron chi connectivity index (χ0n) is 12.4. The summed E-state index contributed by atoms with van der Waals surface area (Å²) in [5.41, 5.74) is 2.23. The molecule has 0 amide bonds. The van der Waals surface area contributed by atoms with E-state index in [1.807, 2.05) is 26.0 Å². The Kier molecular flexibility index (Phi) is 4.78. The maximum atomic E-state index is 12.1. The molecular weight excluding hydrogens is 254 g/mol. The molecule has 0 spiro atoms. The fourth-order valence-corrected chi connectivity index (χ4v) is 2.22. The quantitative estimate of drug-likeness (QED) is 0.837. The highest BCUT2D eigenvalue weighted by Crippen LogP contribution is 2.17. The molecule has 1 atom stereocenters. The molecule has 1 aliphatic rings. The van der Waals surface area contributed by atoms with E-state index in [9.17, 15) is 4.79 Å². The second-order valence-electron chi connectivity index (χ2n) is 5.79. The third-order valence-electron chi connectivity index (χ3n) is 3.87. The van der Waals surface area contributed by atoms with Gasteiger partial charge in [0.25, 0.3) is 0 Å². The summed E-state index contributed by atoms with van der Waals surface area (Å²) in [5.74, 6) is -0.175. The Bertz CT molecular complexity index is 471. The van der Waals surface area contributed by atoms with Crippen molar-refractivity contribution in [2.75, 3.05) is 13.7 Å². The molecule has 4 nitrogen and oxygen atoms in total. The molecule has 1 heterocycles. The smallest absolute Gasteiger partial charge is 0.323 e. The molecule has 0 saturated heterocycles. The van der Waals surface area contributed by atoms with Crippen molar-refractivity contribution >= 4 is 5.97 Å². The van der Waals surface area contributed by atoms with Gasteiger partial charge in [-0.15, -0.1) is 0 Å². The largest absolute Gasteiger partial charge is 0.464 e. The molecule has 1 aliphatic heterocycles. The Hall–Kier alpha value is -1.39. The van der Waals surface area contributed by atoms with E-state index in [0.29, 0.717) is 19.4 Å². The number of rotatable bonds is 5. The van der Waals surface area contributed by atoms with Gasteiger partial charge in [0, 0.05) is 20.1 Å². The summed E-state index contributed by atoms with van der Waals surface area (Å²) in [7, 11) is 1.67. The molecule has 1 aromatic carbocycles. The van der Waals surface area contributed by atoms with Crippen LogP contribution in [0.4, 0.5) is 0 Å². The lowest BCUT2D eigenvalue weighted by molar-refractivity contribution is -0.147. The number of fused-ring (bicyclic) bond motifs is 1. The predicted molar refractivity (Wildman–Crippen MR) is 77.4 cm³/mol. The molecular formula is C16H23NO3. The van der Waals surface area contributed by atoms with Gasteiger partial charge in [-0.1, -0.05) is 24.3 Å². The fourth-order valence-electron chi connectivity index (χ4n) is 2.22. The van der Waals surface area contributed by atoms with Crippen LogP contribution in [0.2, 0.25) is 0 Å². The van der Waals surface area contributed by atoms with Gasteiger partial charge in [-0.3, -0.25) is 4.79 Å². The summed E-state index contributed by atoms with van der Waals surface area (Å²) in [4.78, 5) is 12.1. The maximum Gasteiger partial charge on any atom is 0.323 e. The van der Waals surface area contributed by atoms with E-state index in [4.69, 9.17) is 9.47 Å². The molecule has 1 aromatic rings. The van der Waals surface area contributed by atoms with Crippen molar-refractivity contribution in [1.29, 1.82) is 0 Å². The van der Waals surface area contributed by atoms with E-state index < -0.39 is 0 Å². The summed E-state index contributed by atoms with van der Waals surface area (Å²) >= 11 is 0. The first kappa shape index (κ1) is 15.0. The summed E-state index contributed by atoms with van der Waals surface area (Å²) < 4.78 is 10.7. The topological polar surface area (TPSA) is 47.6 Å². The van der Waals surface area contributed by atoms with E-state index in [0.717, 1.165) is 6.54 Å². The Morgan fingerprint density at radius 3 is 2.75 bits per heavy atom. The first-order chi connectivity index (χ1) is 9.52. The van der Waals surface area contributed by atoms with Crippen LogP contribution < -0.4 is 5.32 Å². The number of carbonyl (C=O) groups excluding carboxylic acids is 1. The molecule has 20 heavy (non-hydrogen) atoms. The van der Waals surface area contributed by atoms with Crippen LogP contribution in [0.1, 0.15) is 31.4 Å². The van der Waals surface area contributed by atoms with Crippen molar-refractivity contribution in [2.24, 2.45) is 0 Å². The number of hydrogen-bond acceptors (Lipinski definition) is 4. The van der Waals surface area contributed by atoms with Crippen molar-refractivity contribution < 1.29 is 14.3 Å². The highest BCUT2D eigenvalue weighted by atomic mass is 16.5. The van der Waals surface area contributed by atoms with E-state index in [1.54, 1.807) is 7.11 Å². The third kappa shape index (κ3) is 3.81. The lowest BCUT2D eigenvalue weighted by Gasteiger charge is -2.26. The second kappa shape index (κ2) is 6.37. The molecule has 0 saturated carbocycles. The van der Waals surface area contributed by atoms with Crippen LogP contribution in [0.3, 0.4) is 0 Å². The van der Waals surface area contributed by atoms with Crippen molar-refractivity contribution in [2.45, 2.75) is 44.9 Å². The fraction of sp³-hybridized carbons (Fsp3) is 0.562. The van der Waals surface area contributed by atoms with Crippen LogP contribution >= 0.6 is 0 Å². The monoisotopic (exact) mass is 277 g/mol. The number of nitrogens with one attached hydrogen (secondary N) is 1. The minimum absolute atomic E-state index is 0.175. The van der Waals surface area contributed by atoms with Gasteiger partial charge >= 0.3 is 5.97 Å². The Morgan fingerprint density at radius 1 is 1.35 bits per heavy atom. The van der Waals surface area contributed by atoms with Crippen molar-refractivity contribution in [3.63, 3.8) is 0 Å². The predicted octanol–water partition coefficient (Wildman–Crippen LogP) is 2.06. The third-order valence-corrected chi connectivity index (χ3v) is 3.87. The van der Waals surface area contributed by atoms with Gasteiger partial charge in [0.05, 0.1) is 12.2 Å². The zero-order valence-corrected chi connectivity index (χ0v) is 12.4. The standard InChI is InChI=1S/C16H23NO3/c1-16(2,19-3)8-9-20-15(18)14-10-12-6-4-5-7-13(12)11-17-14/h4-7,14,17H,8-11H2,1-3H3/t14-/m1/s1. The number of carbonyl (C=O) groups is 1. The first-order valence-corrected chi connectivity index (χ1v) is 7.04. The number of benzene rings is 1. The number of esters is 1. The highest BCUT2D eigenvalue weighted by molar-refractivity contribution is 5.76. The molecule has 0 bridgehead atoms. The molecule has 0 aromatic heterocycles. The number of methoxy groups -OCH3 is 1. The van der Waals surface area contributed by atoms with Gasteiger partial charge in [-0.05, 0) is 31.4 Å². The Morgan fingerprint density at radius 2 is 2.05 bits per heavy atom. The molecule has 110 valence electrons. The lowest BCUT2D eigenvalue weighted by Crippen LogP contribution is -2.43. The minimum Gasteiger partial charge on any atom is -0.464 e. The van der Waals surface area contributed by atoms with E-state index in [-0.39, 0.29) is 17.6 Å². The zero-order chi connectivity index (χ0) is 14.6. The average molecular weight is 277 g/mol. The Labute approximate surface area is 120 Å². The minimum atomic E-state index is -0.257. The van der Waals surface area contributed by atoms with Crippen LogP contribution in [-0.4, -0.2) is 31.3 Å². The van der Waals surface area contributed by atoms with Gasteiger partial charge in [0.2, 0.25) is 0 Å². The molecule has 0 radical (unpaired) electrons. The van der Waals surface area contributed by atoms with E-state index in [1.165, 1.54) is 11.1 Å². The number of ether oxygens (including phenoxy) is 2. The first-order valence-electron chi connectivity index (χ1n) is 7.04. The molecule has 0 fully saturated rings. The molecule has 4 heteroatoms. The van der Waals surface area contributed by atoms with Gasteiger partial charge in [0.15, 0.2) is 0 Å². The molecule has 1 N–H and O–H groups in total. The summed E-state index contributed by atoms with van der Waals surface area (Å²) in [6.07, 6.45) is 1.39.